The summed E-state index contributed by atoms with van der Waals surface area (Å²) in [5.41, 5.74) is 2.19. The lowest BCUT2D eigenvalue weighted by molar-refractivity contribution is -0.123. The Kier molecular flexibility index (Phi) is 7.44. The van der Waals surface area contributed by atoms with Crippen molar-refractivity contribution in [3.05, 3.63) is 90.0 Å². The molecule has 0 saturated carbocycles. The average molecular weight is 404 g/mol. The van der Waals surface area contributed by atoms with Gasteiger partial charge in [0, 0.05) is 23.9 Å². The third-order valence-corrected chi connectivity index (χ3v) is 4.41. The molecule has 154 valence electrons. The van der Waals surface area contributed by atoms with Crippen molar-refractivity contribution in [2.24, 2.45) is 0 Å². The summed E-state index contributed by atoms with van der Waals surface area (Å²) in [5, 5.41) is 5.65. The molecule has 0 heterocycles. The van der Waals surface area contributed by atoms with E-state index in [4.69, 9.17) is 9.47 Å². The minimum absolute atomic E-state index is 0.109. The quantitative estimate of drug-likeness (QED) is 0.570. The molecule has 0 aliphatic rings. The second kappa shape index (κ2) is 10.7. The fourth-order valence-electron chi connectivity index (χ4n) is 2.90. The monoisotopic (exact) mass is 404 g/mol. The minimum Gasteiger partial charge on any atom is -0.496 e. The van der Waals surface area contributed by atoms with E-state index in [2.05, 4.69) is 10.6 Å². The first-order chi connectivity index (χ1) is 14.7. The van der Waals surface area contributed by atoms with E-state index in [9.17, 15) is 9.59 Å². The summed E-state index contributed by atoms with van der Waals surface area (Å²) in [4.78, 5) is 24.3. The Morgan fingerprint density at radius 2 is 1.67 bits per heavy atom. The number of ether oxygens (including phenoxy) is 2. The molecule has 3 rings (SSSR count). The molecule has 0 fully saturated rings. The van der Waals surface area contributed by atoms with Crippen LogP contribution in [0.4, 0.5) is 5.69 Å². The van der Waals surface area contributed by atoms with E-state index < -0.39 is 0 Å². The number of benzene rings is 3. The molecule has 0 aromatic heterocycles. The number of carbonyl (C=O) groups is 2. The third-order valence-electron chi connectivity index (χ3n) is 4.41. The first-order valence-corrected chi connectivity index (χ1v) is 9.63. The Hall–Kier alpha value is -3.80. The van der Waals surface area contributed by atoms with Crippen LogP contribution in [0.15, 0.2) is 78.9 Å². The maximum atomic E-state index is 12.2. The predicted molar refractivity (Wildman–Crippen MR) is 116 cm³/mol. The van der Waals surface area contributed by atoms with Crippen molar-refractivity contribution in [3.8, 4) is 11.5 Å². The maximum Gasteiger partial charge on any atom is 0.257 e. The average Bonchev–Trinajstić information content (AvgIpc) is 2.79. The van der Waals surface area contributed by atoms with Crippen LogP contribution < -0.4 is 20.1 Å². The number of anilines is 1. The van der Waals surface area contributed by atoms with Crippen molar-refractivity contribution in [3.63, 3.8) is 0 Å². The molecule has 3 aromatic carbocycles. The highest BCUT2D eigenvalue weighted by Crippen LogP contribution is 2.19. The van der Waals surface area contributed by atoms with Gasteiger partial charge in [0.1, 0.15) is 11.5 Å². The largest absolute Gasteiger partial charge is 0.496 e. The zero-order valence-corrected chi connectivity index (χ0v) is 16.8. The van der Waals surface area contributed by atoms with Gasteiger partial charge in [0.15, 0.2) is 6.61 Å². The van der Waals surface area contributed by atoms with Crippen molar-refractivity contribution in [1.29, 1.82) is 0 Å². The topological polar surface area (TPSA) is 76.7 Å². The molecule has 0 aliphatic heterocycles. The van der Waals surface area contributed by atoms with Gasteiger partial charge in [-0.3, -0.25) is 9.59 Å². The smallest absolute Gasteiger partial charge is 0.257 e. The van der Waals surface area contributed by atoms with Gasteiger partial charge < -0.3 is 20.1 Å². The van der Waals surface area contributed by atoms with Crippen LogP contribution in [0.5, 0.6) is 11.5 Å². The molecular formula is C24H24N2O4. The Morgan fingerprint density at radius 1 is 0.900 bits per heavy atom. The number of methoxy groups -OCH3 is 1. The van der Waals surface area contributed by atoms with E-state index in [1.165, 1.54) is 0 Å². The van der Waals surface area contributed by atoms with Gasteiger partial charge in [-0.25, -0.2) is 0 Å². The molecule has 6 nitrogen and oxygen atoms in total. The Labute approximate surface area is 175 Å². The zero-order chi connectivity index (χ0) is 21.2. The SMILES string of the molecule is COc1ccccc1CCNC(=O)COc1cccc(NC(=O)c2ccccc2)c1. The van der Waals surface area contributed by atoms with Crippen molar-refractivity contribution in [2.45, 2.75) is 6.42 Å². The van der Waals surface area contributed by atoms with Crippen LogP contribution in [0.2, 0.25) is 0 Å². The third kappa shape index (κ3) is 6.10. The highest BCUT2D eigenvalue weighted by molar-refractivity contribution is 6.04. The van der Waals surface area contributed by atoms with Crippen molar-refractivity contribution in [1.82, 2.24) is 5.32 Å². The van der Waals surface area contributed by atoms with E-state index in [1.54, 1.807) is 55.6 Å². The van der Waals surface area contributed by atoms with E-state index in [0.29, 0.717) is 30.0 Å². The summed E-state index contributed by atoms with van der Waals surface area (Å²) in [6.45, 7) is 0.373. The van der Waals surface area contributed by atoms with E-state index in [1.807, 2.05) is 30.3 Å². The van der Waals surface area contributed by atoms with Crippen LogP contribution in [0.3, 0.4) is 0 Å². The summed E-state index contributed by atoms with van der Waals surface area (Å²) in [6, 6.07) is 23.6. The molecular weight excluding hydrogens is 380 g/mol. The first-order valence-electron chi connectivity index (χ1n) is 9.63. The van der Waals surface area contributed by atoms with Gasteiger partial charge in [-0.1, -0.05) is 42.5 Å². The lowest BCUT2D eigenvalue weighted by Gasteiger charge is -2.11. The van der Waals surface area contributed by atoms with E-state index in [-0.39, 0.29) is 18.4 Å². The number of nitrogens with one attached hydrogen (secondary N) is 2. The molecule has 0 atom stereocenters. The molecule has 3 aromatic rings. The van der Waals surface area contributed by atoms with Crippen molar-refractivity contribution in [2.75, 3.05) is 25.6 Å². The number of hydrogen-bond donors (Lipinski definition) is 2. The van der Waals surface area contributed by atoms with Gasteiger partial charge in [0.05, 0.1) is 7.11 Å². The summed E-state index contributed by atoms with van der Waals surface area (Å²) in [6.07, 6.45) is 0.663. The molecule has 2 amide bonds. The van der Waals surface area contributed by atoms with Gasteiger partial charge >= 0.3 is 0 Å². The molecule has 2 N–H and O–H groups in total. The molecule has 6 heteroatoms. The predicted octanol–water partition coefficient (Wildman–Crippen LogP) is 3.69. The summed E-state index contributed by atoms with van der Waals surface area (Å²) < 4.78 is 10.9. The number of carbonyl (C=O) groups excluding carboxylic acids is 2. The lowest BCUT2D eigenvalue weighted by Crippen LogP contribution is -2.30. The molecule has 0 aliphatic carbocycles. The number of amides is 2. The fourth-order valence-corrected chi connectivity index (χ4v) is 2.90. The summed E-state index contributed by atoms with van der Waals surface area (Å²) >= 11 is 0. The lowest BCUT2D eigenvalue weighted by atomic mass is 10.1. The highest BCUT2D eigenvalue weighted by atomic mass is 16.5. The number of hydrogen-bond acceptors (Lipinski definition) is 4. The maximum absolute atomic E-state index is 12.2. The molecule has 0 unspecified atom stereocenters. The van der Waals surface area contributed by atoms with Crippen LogP contribution in [-0.4, -0.2) is 32.1 Å². The summed E-state index contributed by atoms with van der Waals surface area (Å²) in [5.74, 6) is 0.878. The van der Waals surface area contributed by atoms with E-state index >= 15 is 0 Å². The first kappa shape index (κ1) is 20.9. The second-order valence-corrected chi connectivity index (χ2v) is 6.55. The Balaban J connectivity index is 1.45. The molecule has 0 spiro atoms. The van der Waals surface area contributed by atoms with E-state index in [0.717, 1.165) is 11.3 Å². The standard InChI is InChI=1S/C24H24N2O4/c1-29-22-13-6-5-8-18(22)14-15-25-23(27)17-30-21-12-7-11-20(16-21)26-24(28)19-9-3-2-4-10-19/h2-13,16H,14-15,17H2,1H3,(H,25,27)(H,26,28). The minimum atomic E-state index is -0.219. The van der Waals surface area contributed by atoms with Gasteiger partial charge in [-0.15, -0.1) is 0 Å². The van der Waals surface area contributed by atoms with Crippen molar-refractivity contribution < 1.29 is 19.1 Å². The molecule has 0 bridgehead atoms. The van der Waals surface area contributed by atoms with Crippen LogP contribution in [0.25, 0.3) is 0 Å². The second-order valence-electron chi connectivity index (χ2n) is 6.55. The van der Waals surface area contributed by atoms with Crippen molar-refractivity contribution >= 4 is 17.5 Å². The van der Waals surface area contributed by atoms with Gasteiger partial charge in [0.25, 0.3) is 11.8 Å². The van der Waals surface area contributed by atoms with Crippen LogP contribution in [-0.2, 0) is 11.2 Å². The molecule has 0 radical (unpaired) electrons. The normalized spacial score (nSPS) is 10.2. The number of para-hydroxylation sites is 1. The Morgan fingerprint density at radius 3 is 2.47 bits per heavy atom. The van der Waals surface area contributed by atoms with Crippen LogP contribution >= 0.6 is 0 Å². The Bertz CT molecular complexity index is 989. The van der Waals surface area contributed by atoms with Crippen LogP contribution in [0.1, 0.15) is 15.9 Å². The zero-order valence-electron chi connectivity index (χ0n) is 16.8. The summed E-state index contributed by atoms with van der Waals surface area (Å²) in [7, 11) is 1.63. The molecule has 30 heavy (non-hydrogen) atoms. The number of rotatable bonds is 9. The van der Waals surface area contributed by atoms with Gasteiger partial charge in [-0.2, -0.15) is 0 Å². The molecule has 0 saturated heterocycles. The van der Waals surface area contributed by atoms with Gasteiger partial charge in [-0.05, 0) is 42.3 Å². The highest BCUT2D eigenvalue weighted by Gasteiger charge is 2.08. The van der Waals surface area contributed by atoms with Crippen LogP contribution in [0, 0.1) is 0 Å². The fraction of sp³-hybridized carbons (Fsp3) is 0.167. The van der Waals surface area contributed by atoms with Gasteiger partial charge in [0.2, 0.25) is 0 Å².